The predicted molar refractivity (Wildman–Crippen MR) is 68.3 cm³/mol. The van der Waals surface area contributed by atoms with Crippen LogP contribution in [0.25, 0.3) is 0 Å². The summed E-state index contributed by atoms with van der Waals surface area (Å²) in [5.41, 5.74) is 5.02. The lowest BCUT2D eigenvalue weighted by Gasteiger charge is -2.43. The van der Waals surface area contributed by atoms with Crippen LogP contribution in [0, 0.1) is 0 Å². The number of fused-ring (bicyclic) bond motifs is 1. The number of primary amides is 1. The fraction of sp³-hybridized carbons (Fsp3) is 0.727. The first-order valence-corrected chi connectivity index (χ1v) is 6.14. The van der Waals surface area contributed by atoms with Gasteiger partial charge in [-0.15, -0.1) is 0 Å². The normalized spacial score (nSPS) is 23.2. The average molecular weight is 269 g/mol. The van der Waals surface area contributed by atoms with Gasteiger partial charge in [-0.05, 0) is 20.8 Å². The SMILES string of the molecule is CC(C)(C)N1N=C(C(N)=O)N2CCN(C(=O)O)CC21. The smallest absolute Gasteiger partial charge is 0.407 e. The molecule has 106 valence electrons. The highest BCUT2D eigenvalue weighted by Crippen LogP contribution is 2.28. The van der Waals surface area contributed by atoms with Gasteiger partial charge < -0.3 is 20.6 Å². The van der Waals surface area contributed by atoms with Crippen LogP contribution in [-0.2, 0) is 4.79 Å². The topological polar surface area (TPSA) is 102 Å². The lowest BCUT2D eigenvalue weighted by atomic mass is 10.1. The maximum absolute atomic E-state index is 11.4. The molecule has 1 atom stereocenters. The summed E-state index contributed by atoms with van der Waals surface area (Å²) in [4.78, 5) is 25.6. The van der Waals surface area contributed by atoms with Gasteiger partial charge in [-0.2, -0.15) is 5.10 Å². The van der Waals surface area contributed by atoms with Crippen molar-refractivity contribution in [1.29, 1.82) is 0 Å². The summed E-state index contributed by atoms with van der Waals surface area (Å²) in [5, 5.41) is 15.1. The van der Waals surface area contributed by atoms with Crippen LogP contribution in [0.5, 0.6) is 0 Å². The predicted octanol–water partition coefficient (Wildman–Crippen LogP) is -0.479. The summed E-state index contributed by atoms with van der Waals surface area (Å²) < 4.78 is 0. The Morgan fingerprint density at radius 2 is 2.00 bits per heavy atom. The van der Waals surface area contributed by atoms with Gasteiger partial charge in [0, 0.05) is 13.1 Å². The summed E-state index contributed by atoms with van der Waals surface area (Å²) in [5.74, 6) is -0.370. The lowest BCUT2D eigenvalue weighted by Crippen LogP contribution is -2.61. The highest BCUT2D eigenvalue weighted by Gasteiger charge is 2.45. The van der Waals surface area contributed by atoms with Gasteiger partial charge in [0.15, 0.2) is 0 Å². The fourth-order valence-electron chi connectivity index (χ4n) is 2.41. The monoisotopic (exact) mass is 269 g/mol. The van der Waals surface area contributed by atoms with Crippen molar-refractivity contribution in [2.75, 3.05) is 19.6 Å². The number of nitrogens with two attached hydrogens (primary N) is 1. The molecule has 0 saturated carbocycles. The zero-order chi connectivity index (χ0) is 14.4. The largest absolute Gasteiger partial charge is 0.465 e. The number of hydrogen-bond acceptors (Lipinski definition) is 5. The molecule has 8 heteroatoms. The van der Waals surface area contributed by atoms with Crippen molar-refractivity contribution >= 4 is 17.8 Å². The fourth-order valence-corrected chi connectivity index (χ4v) is 2.41. The number of carbonyl (C=O) groups excluding carboxylic acids is 1. The third kappa shape index (κ3) is 2.29. The van der Waals surface area contributed by atoms with Crippen LogP contribution < -0.4 is 5.73 Å². The zero-order valence-electron chi connectivity index (χ0n) is 11.3. The number of hydrogen-bond donors (Lipinski definition) is 2. The molecule has 19 heavy (non-hydrogen) atoms. The molecule has 0 aromatic heterocycles. The van der Waals surface area contributed by atoms with Crippen molar-refractivity contribution in [3.63, 3.8) is 0 Å². The van der Waals surface area contributed by atoms with E-state index >= 15 is 0 Å². The van der Waals surface area contributed by atoms with Gasteiger partial charge in [0.1, 0.15) is 6.17 Å². The number of rotatable bonds is 1. The van der Waals surface area contributed by atoms with Crippen LogP contribution in [0.4, 0.5) is 4.79 Å². The van der Waals surface area contributed by atoms with Gasteiger partial charge in [-0.3, -0.25) is 9.80 Å². The van der Waals surface area contributed by atoms with Crippen LogP contribution in [0.3, 0.4) is 0 Å². The molecule has 2 amide bonds. The van der Waals surface area contributed by atoms with E-state index in [4.69, 9.17) is 10.8 Å². The van der Waals surface area contributed by atoms with Gasteiger partial charge in [-0.1, -0.05) is 0 Å². The quantitative estimate of drug-likeness (QED) is 0.669. The molecule has 0 aromatic rings. The molecule has 1 saturated heterocycles. The maximum atomic E-state index is 11.4. The van der Waals surface area contributed by atoms with Crippen molar-refractivity contribution < 1.29 is 14.7 Å². The Labute approximate surface area is 111 Å². The van der Waals surface area contributed by atoms with E-state index in [2.05, 4.69) is 5.10 Å². The van der Waals surface area contributed by atoms with Crippen LogP contribution in [0.2, 0.25) is 0 Å². The molecule has 3 N–H and O–H groups in total. The Kier molecular flexibility index (Phi) is 3.03. The molecular formula is C11H19N5O3. The molecule has 0 radical (unpaired) electrons. The van der Waals surface area contributed by atoms with E-state index in [9.17, 15) is 9.59 Å². The highest BCUT2D eigenvalue weighted by molar-refractivity contribution is 6.37. The van der Waals surface area contributed by atoms with Gasteiger partial charge in [0.05, 0.1) is 12.1 Å². The first-order valence-electron chi connectivity index (χ1n) is 6.14. The number of nitrogens with zero attached hydrogens (tertiary/aromatic N) is 4. The highest BCUT2D eigenvalue weighted by atomic mass is 16.4. The van der Waals surface area contributed by atoms with Crippen molar-refractivity contribution in [2.24, 2.45) is 10.8 Å². The Bertz CT molecular complexity index is 442. The third-order valence-corrected chi connectivity index (χ3v) is 3.29. The average Bonchev–Trinajstić information content (AvgIpc) is 2.66. The third-order valence-electron chi connectivity index (χ3n) is 3.29. The molecule has 1 unspecified atom stereocenters. The van der Waals surface area contributed by atoms with Crippen molar-refractivity contribution in [3.05, 3.63) is 0 Å². The van der Waals surface area contributed by atoms with E-state index in [0.717, 1.165) is 0 Å². The molecule has 2 aliphatic heterocycles. The van der Waals surface area contributed by atoms with Gasteiger partial charge in [0.25, 0.3) is 5.91 Å². The second-order valence-electron chi connectivity index (χ2n) is 5.71. The Balaban J connectivity index is 2.29. The van der Waals surface area contributed by atoms with Crippen molar-refractivity contribution in [3.8, 4) is 0 Å². The number of carboxylic acid groups (broad SMARTS) is 1. The Hall–Kier alpha value is -1.99. The van der Waals surface area contributed by atoms with Gasteiger partial charge >= 0.3 is 6.09 Å². The summed E-state index contributed by atoms with van der Waals surface area (Å²) in [6.45, 7) is 6.92. The van der Waals surface area contributed by atoms with Crippen molar-refractivity contribution in [1.82, 2.24) is 14.8 Å². The number of hydrazone groups is 1. The molecule has 2 aliphatic rings. The standard InChI is InChI=1S/C11H19N5O3/c1-11(2,3)16-7-6-14(10(18)19)4-5-15(7)9(13-16)8(12)17/h7H,4-6H2,1-3H3,(H2,12,17)(H,18,19). The molecule has 2 heterocycles. The molecule has 0 bridgehead atoms. The Morgan fingerprint density at radius 1 is 1.37 bits per heavy atom. The molecule has 8 nitrogen and oxygen atoms in total. The number of piperazine rings is 1. The molecule has 0 aliphatic carbocycles. The van der Waals surface area contributed by atoms with Crippen LogP contribution >= 0.6 is 0 Å². The van der Waals surface area contributed by atoms with E-state index in [-0.39, 0.29) is 24.1 Å². The number of amides is 2. The minimum Gasteiger partial charge on any atom is -0.465 e. The van der Waals surface area contributed by atoms with E-state index in [1.165, 1.54) is 4.90 Å². The van der Waals surface area contributed by atoms with E-state index in [1.54, 1.807) is 9.91 Å². The summed E-state index contributed by atoms with van der Waals surface area (Å²) in [6.07, 6.45) is -1.23. The van der Waals surface area contributed by atoms with E-state index < -0.39 is 12.0 Å². The zero-order valence-corrected chi connectivity index (χ0v) is 11.3. The second kappa shape index (κ2) is 4.29. The molecular weight excluding hydrogens is 250 g/mol. The maximum Gasteiger partial charge on any atom is 0.407 e. The van der Waals surface area contributed by atoms with Gasteiger partial charge in [-0.25, -0.2) is 4.79 Å². The number of carbonyl (C=O) groups is 2. The van der Waals surface area contributed by atoms with Crippen LogP contribution in [0.1, 0.15) is 20.8 Å². The number of amidine groups is 1. The molecule has 0 aromatic carbocycles. The van der Waals surface area contributed by atoms with Crippen molar-refractivity contribution in [2.45, 2.75) is 32.5 Å². The van der Waals surface area contributed by atoms with E-state index in [0.29, 0.717) is 13.1 Å². The van der Waals surface area contributed by atoms with Crippen LogP contribution in [-0.4, -0.2) is 69.1 Å². The van der Waals surface area contributed by atoms with Crippen LogP contribution in [0.15, 0.2) is 5.10 Å². The summed E-state index contributed by atoms with van der Waals surface area (Å²) in [6, 6.07) is 0. The minimum atomic E-state index is -0.957. The summed E-state index contributed by atoms with van der Waals surface area (Å²) >= 11 is 0. The first-order chi connectivity index (χ1) is 8.71. The van der Waals surface area contributed by atoms with Gasteiger partial charge in [0.2, 0.25) is 5.84 Å². The lowest BCUT2D eigenvalue weighted by molar-refractivity contribution is -0.112. The van der Waals surface area contributed by atoms with E-state index in [1.807, 2.05) is 20.8 Å². The molecule has 0 spiro atoms. The Morgan fingerprint density at radius 3 is 2.47 bits per heavy atom. The minimum absolute atomic E-state index is 0.213. The summed E-state index contributed by atoms with van der Waals surface area (Å²) in [7, 11) is 0. The molecule has 2 rings (SSSR count). The first kappa shape index (κ1) is 13.4. The molecule has 1 fully saturated rings. The second-order valence-corrected chi connectivity index (χ2v) is 5.71.